The smallest absolute Gasteiger partial charge is 0.125 e. The molecule has 1 aromatic rings. The van der Waals surface area contributed by atoms with E-state index >= 15 is 0 Å². The van der Waals surface area contributed by atoms with Gasteiger partial charge in [0.25, 0.3) is 0 Å². The van der Waals surface area contributed by atoms with Crippen molar-refractivity contribution in [2.75, 3.05) is 0 Å². The summed E-state index contributed by atoms with van der Waals surface area (Å²) in [5.74, 6) is -0.176. The van der Waals surface area contributed by atoms with Crippen LogP contribution < -0.4 is 5.73 Å². The molecule has 2 unspecified atom stereocenters. The van der Waals surface area contributed by atoms with E-state index in [0.29, 0.717) is 12.0 Å². The molecule has 5 N–H and O–H groups in total. The highest BCUT2D eigenvalue weighted by Crippen LogP contribution is 2.29. The maximum Gasteiger partial charge on any atom is 0.125 e. The SMILES string of the molecule is CCC(N)C(O)c1ccc(O)cc1O. The highest BCUT2D eigenvalue weighted by molar-refractivity contribution is 5.40. The van der Waals surface area contributed by atoms with Crippen LogP contribution in [0.5, 0.6) is 11.5 Å². The van der Waals surface area contributed by atoms with Gasteiger partial charge in [0.15, 0.2) is 0 Å². The Bertz CT molecular complexity index is 314. The third-order valence-electron chi connectivity index (χ3n) is 2.21. The van der Waals surface area contributed by atoms with Gasteiger partial charge in [-0.3, -0.25) is 0 Å². The Labute approximate surface area is 82.6 Å². The minimum Gasteiger partial charge on any atom is -0.508 e. The first kappa shape index (κ1) is 10.8. The molecule has 0 saturated heterocycles. The number of hydrogen-bond donors (Lipinski definition) is 4. The highest BCUT2D eigenvalue weighted by Gasteiger charge is 2.18. The molecule has 78 valence electrons. The molecule has 0 aliphatic heterocycles. The summed E-state index contributed by atoms with van der Waals surface area (Å²) in [5.41, 5.74) is 5.98. The lowest BCUT2D eigenvalue weighted by Crippen LogP contribution is -2.27. The Balaban J connectivity index is 2.95. The molecule has 0 aliphatic rings. The summed E-state index contributed by atoms with van der Waals surface area (Å²) in [6.45, 7) is 1.85. The Kier molecular flexibility index (Phi) is 3.33. The van der Waals surface area contributed by atoms with Crippen molar-refractivity contribution in [3.8, 4) is 11.5 Å². The summed E-state index contributed by atoms with van der Waals surface area (Å²) in [5, 5.41) is 28.2. The average molecular weight is 197 g/mol. The van der Waals surface area contributed by atoms with Gasteiger partial charge < -0.3 is 21.1 Å². The molecule has 1 aromatic carbocycles. The van der Waals surface area contributed by atoms with Crippen molar-refractivity contribution in [2.24, 2.45) is 5.73 Å². The number of aromatic hydroxyl groups is 2. The second kappa shape index (κ2) is 4.30. The number of phenols is 2. The van der Waals surface area contributed by atoms with Gasteiger partial charge in [-0.15, -0.1) is 0 Å². The molecule has 4 heteroatoms. The molecule has 4 nitrogen and oxygen atoms in total. The van der Waals surface area contributed by atoms with Gasteiger partial charge in [0.1, 0.15) is 11.5 Å². The standard InChI is InChI=1S/C10H15NO3/c1-2-8(11)10(14)7-4-3-6(12)5-9(7)13/h3-5,8,10,12-14H,2,11H2,1H3. The molecule has 0 heterocycles. The van der Waals surface area contributed by atoms with Crippen molar-refractivity contribution in [1.29, 1.82) is 0 Å². The van der Waals surface area contributed by atoms with Crippen LogP contribution in [0.1, 0.15) is 25.0 Å². The van der Waals surface area contributed by atoms with Gasteiger partial charge in [0.2, 0.25) is 0 Å². The van der Waals surface area contributed by atoms with Crippen LogP contribution in [0.25, 0.3) is 0 Å². The summed E-state index contributed by atoms with van der Waals surface area (Å²) >= 11 is 0. The topological polar surface area (TPSA) is 86.7 Å². The summed E-state index contributed by atoms with van der Waals surface area (Å²) in [6.07, 6.45) is -0.290. The first-order chi connectivity index (χ1) is 6.56. The van der Waals surface area contributed by atoms with Crippen LogP contribution in [-0.2, 0) is 0 Å². The molecular weight excluding hydrogens is 182 g/mol. The Hall–Kier alpha value is -1.26. The van der Waals surface area contributed by atoms with Crippen molar-refractivity contribution in [1.82, 2.24) is 0 Å². The van der Waals surface area contributed by atoms with Gasteiger partial charge in [0.05, 0.1) is 6.10 Å². The molecule has 0 aliphatic carbocycles. The van der Waals surface area contributed by atoms with Crippen LogP contribution in [0.3, 0.4) is 0 Å². The maximum atomic E-state index is 9.69. The zero-order valence-corrected chi connectivity index (χ0v) is 8.01. The molecule has 0 aromatic heterocycles. The molecule has 0 bridgehead atoms. The quantitative estimate of drug-likeness (QED) is 0.579. The molecule has 0 fully saturated rings. The monoisotopic (exact) mass is 197 g/mol. The van der Waals surface area contributed by atoms with E-state index in [2.05, 4.69) is 0 Å². The first-order valence-corrected chi connectivity index (χ1v) is 4.51. The first-order valence-electron chi connectivity index (χ1n) is 4.51. The van der Waals surface area contributed by atoms with Crippen LogP contribution in [0.2, 0.25) is 0 Å². The van der Waals surface area contributed by atoms with Gasteiger partial charge in [-0.2, -0.15) is 0 Å². The van der Waals surface area contributed by atoms with Gasteiger partial charge >= 0.3 is 0 Å². The fourth-order valence-corrected chi connectivity index (χ4v) is 1.24. The van der Waals surface area contributed by atoms with E-state index in [1.165, 1.54) is 18.2 Å². The Morgan fingerprint density at radius 2 is 2.00 bits per heavy atom. The predicted octanol–water partition coefficient (Wildman–Crippen LogP) is 0.868. The van der Waals surface area contributed by atoms with Crippen LogP contribution in [0.4, 0.5) is 0 Å². The second-order valence-corrected chi connectivity index (χ2v) is 3.26. The summed E-state index contributed by atoms with van der Waals surface area (Å²) < 4.78 is 0. The van der Waals surface area contributed by atoms with Gasteiger partial charge in [0, 0.05) is 17.7 Å². The van der Waals surface area contributed by atoms with Crippen molar-refractivity contribution in [3.63, 3.8) is 0 Å². The van der Waals surface area contributed by atoms with Crippen LogP contribution in [-0.4, -0.2) is 21.4 Å². The zero-order chi connectivity index (χ0) is 10.7. The zero-order valence-electron chi connectivity index (χ0n) is 8.01. The van der Waals surface area contributed by atoms with Crippen molar-refractivity contribution in [3.05, 3.63) is 23.8 Å². The van der Waals surface area contributed by atoms with Crippen molar-refractivity contribution >= 4 is 0 Å². The van der Waals surface area contributed by atoms with E-state index in [1.54, 1.807) is 0 Å². The lowest BCUT2D eigenvalue weighted by Gasteiger charge is -2.18. The number of hydrogen-bond acceptors (Lipinski definition) is 4. The minimum absolute atomic E-state index is 0.0384. The number of aliphatic hydroxyl groups excluding tert-OH is 1. The number of rotatable bonds is 3. The lowest BCUT2D eigenvalue weighted by molar-refractivity contribution is 0.141. The fourth-order valence-electron chi connectivity index (χ4n) is 1.24. The molecule has 1 rings (SSSR count). The van der Waals surface area contributed by atoms with Crippen LogP contribution in [0.15, 0.2) is 18.2 Å². The van der Waals surface area contributed by atoms with E-state index in [9.17, 15) is 10.2 Å². The molecule has 2 atom stereocenters. The Morgan fingerprint density at radius 3 is 2.50 bits per heavy atom. The molecular formula is C10H15NO3. The largest absolute Gasteiger partial charge is 0.508 e. The maximum absolute atomic E-state index is 9.69. The number of aliphatic hydroxyl groups is 1. The van der Waals surface area contributed by atoms with E-state index in [-0.39, 0.29) is 11.5 Å². The van der Waals surface area contributed by atoms with Gasteiger partial charge in [-0.05, 0) is 18.6 Å². The highest BCUT2D eigenvalue weighted by atomic mass is 16.3. The average Bonchev–Trinajstić information content (AvgIpc) is 2.15. The fraction of sp³-hybridized carbons (Fsp3) is 0.400. The third-order valence-corrected chi connectivity index (χ3v) is 2.21. The van der Waals surface area contributed by atoms with Crippen molar-refractivity contribution in [2.45, 2.75) is 25.5 Å². The minimum atomic E-state index is -0.902. The third kappa shape index (κ3) is 2.16. The number of nitrogens with two attached hydrogens (primary N) is 1. The second-order valence-electron chi connectivity index (χ2n) is 3.26. The van der Waals surface area contributed by atoms with Crippen LogP contribution in [0, 0.1) is 0 Å². The summed E-state index contributed by atoms with van der Waals surface area (Å²) in [6, 6.07) is 3.64. The van der Waals surface area contributed by atoms with E-state index in [4.69, 9.17) is 10.8 Å². The molecule has 0 amide bonds. The summed E-state index contributed by atoms with van der Waals surface area (Å²) in [7, 11) is 0. The molecule has 0 saturated carbocycles. The molecule has 14 heavy (non-hydrogen) atoms. The number of benzene rings is 1. The van der Waals surface area contributed by atoms with E-state index in [0.717, 1.165) is 0 Å². The van der Waals surface area contributed by atoms with Gasteiger partial charge in [-0.1, -0.05) is 6.92 Å². The predicted molar refractivity (Wildman–Crippen MR) is 53.0 cm³/mol. The molecule has 0 radical (unpaired) electrons. The van der Waals surface area contributed by atoms with Gasteiger partial charge in [-0.25, -0.2) is 0 Å². The van der Waals surface area contributed by atoms with E-state index in [1.807, 2.05) is 6.92 Å². The normalized spacial score (nSPS) is 15.1. The van der Waals surface area contributed by atoms with Crippen LogP contribution >= 0.6 is 0 Å². The molecule has 0 spiro atoms. The van der Waals surface area contributed by atoms with E-state index < -0.39 is 12.1 Å². The number of phenolic OH excluding ortho intramolecular Hbond substituents is 2. The lowest BCUT2D eigenvalue weighted by atomic mass is 10.00. The van der Waals surface area contributed by atoms with Crippen molar-refractivity contribution < 1.29 is 15.3 Å². The summed E-state index contributed by atoms with van der Waals surface area (Å²) in [4.78, 5) is 0. The Morgan fingerprint density at radius 1 is 1.36 bits per heavy atom.